The van der Waals surface area contributed by atoms with Crippen molar-refractivity contribution in [2.24, 2.45) is 0 Å². The summed E-state index contributed by atoms with van der Waals surface area (Å²) in [5, 5.41) is 22.5. The summed E-state index contributed by atoms with van der Waals surface area (Å²) in [4.78, 5) is 47.5. The highest BCUT2D eigenvalue weighted by atomic mass is 16.5. The normalized spacial score (nSPS) is 13.0. The summed E-state index contributed by atoms with van der Waals surface area (Å²) in [6.07, 6.45) is 51.4. The number of carbonyl (C=O) groups excluding carboxylic acids is 3. The molecule has 0 rings (SSSR count). The monoisotopic (exact) mass is 799 g/mol. The molecule has 2 amide bonds. The zero-order chi connectivity index (χ0) is 41.9. The van der Waals surface area contributed by atoms with Crippen molar-refractivity contribution in [3.63, 3.8) is 0 Å². The molecule has 0 saturated heterocycles. The quantitative estimate of drug-likeness (QED) is 0.0275. The predicted octanol–water partition coefficient (Wildman–Crippen LogP) is 11.3. The molecule has 0 bridgehead atoms. The van der Waals surface area contributed by atoms with E-state index < -0.39 is 24.5 Å². The standard InChI is InChI=1S/C48H82N2O7/c1-3-5-7-9-11-12-13-14-15-16-17-18-19-20-21-22-23-24-25-26-28-30-36-40-47(54)57-43(37-33-29-27-10-8-6-4-2)38-34-31-32-35-39-45(52)49-41-46(53)50-44(42-51)48(55)56/h10,13-14,16-17,19-20,27,33,37,43-44,51H,3-9,11-12,15,18,21-26,28-32,34-36,38-42H2,1-2H3,(H,49,52)(H,50,53)(H,55,56)/b14-13-,17-16-,20-19-,27-10-,37-33-. The molecular formula is C48H82N2O7. The van der Waals surface area contributed by atoms with Crippen molar-refractivity contribution in [3.05, 3.63) is 60.8 Å². The molecule has 0 radical (unpaired) electrons. The van der Waals surface area contributed by atoms with E-state index in [2.05, 4.69) is 79.2 Å². The van der Waals surface area contributed by atoms with Gasteiger partial charge in [0.2, 0.25) is 11.8 Å². The van der Waals surface area contributed by atoms with Crippen molar-refractivity contribution in [1.82, 2.24) is 10.6 Å². The van der Waals surface area contributed by atoms with Gasteiger partial charge in [-0.2, -0.15) is 0 Å². The summed E-state index contributed by atoms with van der Waals surface area (Å²) in [5.41, 5.74) is 0. The van der Waals surface area contributed by atoms with E-state index >= 15 is 0 Å². The van der Waals surface area contributed by atoms with Gasteiger partial charge in [0.15, 0.2) is 0 Å². The van der Waals surface area contributed by atoms with E-state index in [0.29, 0.717) is 12.8 Å². The number of carboxylic acids is 1. The number of hydrogen-bond acceptors (Lipinski definition) is 6. The first kappa shape index (κ1) is 53.5. The minimum atomic E-state index is -1.39. The Balaban J connectivity index is 4.15. The molecule has 9 heteroatoms. The van der Waals surface area contributed by atoms with Gasteiger partial charge in [-0.05, 0) is 83.1 Å². The molecule has 0 saturated carbocycles. The fraction of sp³-hybridized carbons (Fsp3) is 0.708. The molecule has 0 aliphatic heterocycles. The third-order valence-corrected chi connectivity index (χ3v) is 9.72. The lowest BCUT2D eigenvalue weighted by molar-refractivity contribution is -0.147. The summed E-state index contributed by atoms with van der Waals surface area (Å²) in [6.45, 7) is 3.38. The number of carboxylic acid groups (broad SMARTS) is 1. The molecule has 2 atom stereocenters. The smallest absolute Gasteiger partial charge is 0.328 e. The number of esters is 1. The lowest BCUT2D eigenvalue weighted by atomic mass is 10.1. The highest BCUT2D eigenvalue weighted by Crippen LogP contribution is 2.15. The number of unbranched alkanes of at least 4 members (excludes halogenated alkanes) is 18. The SMILES string of the molecule is CCCC/C=C\C/C=C\C(CCCCCCC(=O)NCC(=O)NC(CO)C(=O)O)OC(=O)CCCCCCCCCC/C=C\C/C=C\C/C=C\CCCCCCC. The topological polar surface area (TPSA) is 142 Å². The van der Waals surface area contributed by atoms with Crippen LogP contribution in [0.5, 0.6) is 0 Å². The van der Waals surface area contributed by atoms with Gasteiger partial charge in [-0.25, -0.2) is 4.79 Å². The molecule has 9 nitrogen and oxygen atoms in total. The molecule has 0 heterocycles. The van der Waals surface area contributed by atoms with Gasteiger partial charge in [0.1, 0.15) is 12.1 Å². The maximum atomic E-state index is 12.7. The second kappa shape index (κ2) is 42.2. The highest BCUT2D eigenvalue weighted by Gasteiger charge is 2.18. The summed E-state index contributed by atoms with van der Waals surface area (Å²) in [5.74, 6) is -2.44. The van der Waals surface area contributed by atoms with E-state index in [0.717, 1.165) is 77.0 Å². The maximum Gasteiger partial charge on any atom is 0.328 e. The van der Waals surface area contributed by atoms with Crippen molar-refractivity contribution in [1.29, 1.82) is 0 Å². The van der Waals surface area contributed by atoms with E-state index in [4.69, 9.17) is 14.9 Å². The average Bonchev–Trinajstić information content (AvgIpc) is 3.20. The molecule has 0 fully saturated rings. The van der Waals surface area contributed by atoms with Gasteiger partial charge >= 0.3 is 11.9 Å². The Kier molecular flexibility index (Phi) is 39.6. The number of hydrogen-bond donors (Lipinski definition) is 4. The Hall–Kier alpha value is -3.46. The second-order valence-corrected chi connectivity index (χ2v) is 15.1. The van der Waals surface area contributed by atoms with Gasteiger partial charge < -0.3 is 25.6 Å². The van der Waals surface area contributed by atoms with E-state index in [1.165, 1.54) is 83.5 Å². The van der Waals surface area contributed by atoms with Crippen LogP contribution in [0.1, 0.15) is 194 Å². The summed E-state index contributed by atoms with van der Waals surface area (Å²) >= 11 is 0. The van der Waals surface area contributed by atoms with Crippen LogP contribution in [-0.2, 0) is 23.9 Å². The van der Waals surface area contributed by atoms with Crippen LogP contribution in [0.25, 0.3) is 0 Å². The zero-order valence-corrected chi connectivity index (χ0v) is 36.1. The Morgan fingerprint density at radius 1 is 0.544 bits per heavy atom. The number of carbonyl (C=O) groups is 4. The van der Waals surface area contributed by atoms with Crippen LogP contribution < -0.4 is 10.6 Å². The van der Waals surface area contributed by atoms with Crippen molar-refractivity contribution in [2.75, 3.05) is 13.2 Å². The number of amides is 2. The van der Waals surface area contributed by atoms with Crippen LogP contribution in [-0.4, -0.2) is 59.3 Å². The van der Waals surface area contributed by atoms with Gasteiger partial charge in [-0.1, -0.05) is 158 Å². The number of nitrogens with one attached hydrogen (secondary N) is 2. The first-order valence-electron chi connectivity index (χ1n) is 22.7. The molecule has 0 aromatic rings. The van der Waals surface area contributed by atoms with Crippen LogP contribution in [0.15, 0.2) is 60.8 Å². The first-order valence-corrected chi connectivity index (χ1v) is 22.7. The number of aliphatic hydroxyl groups excluding tert-OH is 1. The molecule has 326 valence electrons. The van der Waals surface area contributed by atoms with Crippen molar-refractivity contribution in [3.8, 4) is 0 Å². The fourth-order valence-corrected chi connectivity index (χ4v) is 6.19. The summed E-state index contributed by atoms with van der Waals surface area (Å²) in [7, 11) is 0. The number of aliphatic carboxylic acids is 1. The number of aliphatic hydroxyl groups is 1. The molecule has 0 aliphatic rings. The average molecular weight is 799 g/mol. The Labute approximate surface area is 347 Å². The van der Waals surface area contributed by atoms with Crippen LogP contribution in [0.2, 0.25) is 0 Å². The predicted molar refractivity (Wildman–Crippen MR) is 236 cm³/mol. The van der Waals surface area contributed by atoms with Crippen LogP contribution >= 0.6 is 0 Å². The minimum Gasteiger partial charge on any atom is -0.480 e. The number of ether oxygens (including phenoxy) is 1. The van der Waals surface area contributed by atoms with Crippen LogP contribution in [0.4, 0.5) is 0 Å². The van der Waals surface area contributed by atoms with Gasteiger partial charge in [-0.3, -0.25) is 14.4 Å². The largest absolute Gasteiger partial charge is 0.480 e. The van der Waals surface area contributed by atoms with Crippen LogP contribution in [0.3, 0.4) is 0 Å². The van der Waals surface area contributed by atoms with E-state index in [1.807, 2.05) is 6.08 Å². The maximum absolute atomic E-state index is 12.7. The van der Waals surface area contributed by atoms with Gasteiger partial charge in [0.05, 0.1) is 13.2 Å². The van der Waals surface area contributed by atoms with Crippen LogP contribution in [0, 0.1) is 0 Å². The van der Waals surface area contributed by atoms with E-state index in [1.54, 1.807) is 0 Å². The second-order valence-electron chi connectivity index (χ2n) is 15.1. The lowest BCUT2D eigenvalue weighted by Gasteiger charge is -2.15. The van der Waals surface area contributed by atoms with Crippen molar-refractivity contribution < 1.29 is 34.1 Å². The summed E-state index contributed by atoms with van der Waals surface area (Å²) < 4.78 is 5.88. The molecule has 4 N–H and O–H groups in total. The fourth-order valence-electron chi connectivity index (χ4n) is 6.19. The Morgan fingerprint density at radius 2 is 1.02 bits per heavy atom. The van der Waals surface area contributed by atoms with Gasteiger partial charge in [0.25, 0.3) is 0 Å². The van der Waals surface area contributed by atoms with E-state index in [9.17, 15) is 19.2 Å². The van der Waals surface area contributed by atoms with Gasteiger partial charge in [-0.15, -0.1) is 0 Å². The number of allylic oxidation sites excluding steroid dienone is 9. The molecule has 0 aromatic carbocycles. The molecule has 57 heavy (non-hydrogen) atoms. The zero-order valence-electron chi connectivity index (χ0n) is 36.1. The van der Waals surface area contributed by atoms with E-state index in [-0.39, 0.29) is 30.9 Å². The minimum absolute atomic E-state index is 0.138. The van der Waals surface area contributed by atoms with Crippen molar-refractivity contribution in [2.45, 2.75) is 206 Å². The van der Waals surface area contributed by atoms with Crippen molar-refractivity contribution >= 4 is 23.8 Å². The third kappa shape index (κ3) is 39.2. The van der Waals surface area contributed by atoms with Gasteiger partial charge in [0, 0.05) is 12.8 Å². The Bertz CT molecular complexity index is 1140. The molecule has 0 spiro atoms. The first-order chi connectivity index (χ1) is 27.8. The molecule has 0 aliphatic carbocycles. The molecule has 2 unspecified atom stereocenters. The molecular weight excluding hydrogens is 717 g/mol. The highest BCUT2D eigenvalue weighted by molar-refractivity contribution is 5.87. The number of rotatable bonds is 40. The Morgan fingerprint density at radius 3 is 1.58 bits per heavy atom. The lowest BCUT2D eigenvalue weighted by Crippen LogP contribution is -2.47. The molecule has 0 aromatic heterocycles. The summed E-state index contributed by atoms with van der Waals surface area (Å²) in [6, 6.07) is -1.39. The third-order valence-electron chi connectivity index (χ3n) is 9.72.